The van der Waals surface area contributed by atoms with E-state index in [0.717, 1.165) is 23.3 Å². The molecule has 186 valence electrons. The van der Waals surface area contributed by atoms with E-state index in [9.17, 15) is 9.59 Å². The Balaban J connectivity index is 1.49. The van der Waals surface area contributed by atoms with Gasteiger partial charge in [-0.2, -0.15) is 0 Å². The number of benzene rings is 2. The summed E-state index contributed by atoms with van der Waals surface area (Å²) in [6.07, 6.45) is 6.08. The summed E-state index contributed by atoms with van der Waals surface area (Å²) in [4.78, 5) is 28.9. The third-order valence-corrected chi connectivity index (χ3v) is 8.12. The molecular weight excluding hydrogens is 460 g/mol. The van der Waals surface area contributed by atoms with Crippen LogP contribution in [0.25, 0.3) is 6.08 Å². The monoisotopic (exact) mass is 494 g/mol. The van der Waals surface area contributed by atoms with E-state index in [1.54, 1.807) is 23.9 Å². The van der Waals surface area contributed by atoms with Crippen LogP contribution in [-0.2, 0) is 20.8 Å². The van der Waals surface area contributed by atoms with Crippen molar-refractivity contribution in [3.05, 3.63) is 75.7 Å². The zero-order valence-electron chi connectivity index (χ0n) is 20.7. The molecule has 2 aromatic carbocycles. The van der Waals surface area contributed by atoms with Crippen LogP contribution in [0.2, 0.25) is 0 Å². The molecule has 1 saturated heterocycles. The highest BCUT2D eigenvalue weighted by atomic mass is 32.2. The van der Waals surface area contributed by atoms with Crippen molar-refractivity contribution in [1.29, 1.82) is 0 Å². The van der Waals surface area contributed by atoms with E-state index in [0.29, 0.717) is 17.4 Å². The molecule has 4 rings (SSSR count). The summed E-state index contributed by atoms with van der Waals surface area (Å²) in [5.41, 5.74) is 3.85. The Kier molecular flexibility index (Phi) is 8.65. The number of ether oxygens (including phenoxy) is 2. The fourth-order valence-electron chi connectivity index (χ4n) is 4.68. The highest BCUT2D eigenvalue weighted by molar-refractivity contribution is 8.04. The molecular formula is C28H34N2O4S. The summed E-state index contributed by atoms with van der Waals surface area (Å²) in [6.45, 7) is 2.98. The number of carbonyl (C=O) groups is 2. The van der Waals surface area contributed by atoms with Gasteiger partial charge in [0.1, 0.15) is 0 Å². The first-order valence-corrected chi connectivity index (χ1v) is 13.0. The Bertz CT molecular complexity index is 1050. The van der Waals surface area contributed by atoms with Gasteiger partial charge in [0.05, 0.1) is 11.4 Å². The summed E-state index contributed by atoms with van der Waals surface area (Å²) >= 11 is 1.72. The topological polar surface area (TPSA) is 67.9 Å². The third kappa shape index (κ3) is 6.34. The minimum Gasteiger partial charge on any atom is -0.354 e. The Labute approximate surface area is 212 Å². The highest BCUT2D eigenvalue weighted by Crippen LogP contribution is 2.42. The summed E-state index contributed by atoms with van der Waals surface area (Å²) < 4.78 is 10.2. The molecule has 1 heterocycles. The van der Waals surface area contributed by atoms with Gasteiger partial charge >= 0.3 is 0 Å². The molecule has 2 amide bonds. The Morgan fingerprint density at radius 3 is 2.46 bits per heavy atom. The molecule has 2 atom stereocenters. The maximum absolute atomic E-state index is 13.6. The summed E-state index contributed by atoms with van der Waals surface area (Å²) in [5, 5.41) is 3.23. The second-order valence-corrected chi connectivity index (χ2v) is 10.4. The van der Waals surface area contributed by atoms with Crippen LogP contribution in [-0.4, -0.2) is 55.1 Å². The second-order valence-electron chi connectivity index (χ2n) is 9.17. The minimum absolute atomic E-state index is 0.103. The van der Waals surface area contributed by atoms with Crippen molar-refractivity contribution >= 4 is 29.7 Å². The first-order chi connectivity index (χ1) is 17.0. The number of rotatable bonds is 8. The zero-order valence-corrected chi connectivity index (χ0v) is 21.5. The highest BCUT2D eigenvalue weighted by Gasteiger charge is 2.40. The van der Waals surface area contributed by atoms with Crippen LogP contribution in [0, 0.1) is 6.92 Å². The smallest absolute Gasteiger partial charge is 0.260 e. The standard InChI is InChI=1S/C28H34N2O4S/c1-19-8-10-21(11-9-19)18-30-23-6-4-5-7-24(23)35-25(28(30)32)16-20-12-14-22(15-13-20)27(31)29-17-26(33-2)34-3/h8-16,23-24,26H,4-7,17-18H2,1-3H3,(H,29,31)/b25-16+. The number of methoxy groups -OCH3 is 2. The number of aryl methyl sites for hydroxylation is 1. The van der Waals surface area contributed by atoms with E-state index in [2.05, 4.69) is 41.4 Å². The molecule has 2 aliphatic rings. The lowest BCUT2D eigenvalue weighted by atomic mass is 9.92. The molecule has 1 N–H and O–H groups in total. The number of hydrogen-bond acceptors (Lipinski definition) is 5. The van der Waals surface area contributed by atoms with Crippen molar-refractivity contribution in [2.75, 3.05) is 20.8 Å². The largest absolute Gasteiger partial charge is 0.354 e. The van der Waals surface area contributed by atoms with Gasteiger partial charge in [0.15, 0.2) is 6.29 Å². The average molecular weight is 495 g/mol. The van der Waals surface area contributed by atoms with Crippen molar-refractivity contribution in [1.82, 2.24) is 10.2 Å². The predicted octanol–water partition coefficient (Wildman–Crippen LogP) is 4.77. The van der Waals surface area contributed by atoms with Gasteiger partial charge in [0, 0.05) is 37.6 Å². The van der Waals surface area contributed by atoms with E-state index in [4.69, 9.17) is 9.47 Å². The van der Waals surface area contributed by atoms with Gasteiger partial charge in [-0.1, -0.05) is 54.8 Å². The minimum atomic E-state index is -0.483. The van der Waals surface area contributed by atoms with Crippen LogP contribution in [0.1, 0.15) is 52.7 Å². The van der Waals surface area contributed by atoms with Crippen molar-refractivity contribution in [3.63, 3.8) is 0 Å². The molecule has 6 nitrogen and oxygen atoms in total. The van der Waals surface area contributed by atoms with Gasteiger partial charge in [-0.3, -0.25) is 9.59 Å². The lowest BCUT2D eigenvalue weighted by molar-refractivity contribution is -0.130. The molecule has 0 bridgehead atoms. The zero-order chi connectivity index (χ0) is 24.8. The molecule has 2 unspecified atom stereocenters. The fraction of sp³-hybridized carbons (Fsp3) is 0.429. The maximum atomic E-state index is 13.6. The number of amides is 2. The average Bonchev–Trinajstić information content (AvgIpc) is 2.88. The first kappa shape index (κ1) is 25.5. The Hall–Kier alpha value is -2.61. The molecule has 0 radical (unpaired) electrons. The lowest BCUT2D eigenvalue weighted by Crippen LogP contribution is -2.50. The number of thioether (sulfide) groups is 1. The van der Waals surface area contributed by atoms with Gasteiger partial charge in [-0.15, -0.1) is 11.8 Å². The predicted molar refractivity (Wildman–Crippen MR) is 140 cm³/mol. The molecule has 2 aromatic rings. The van der Waals surface area contributed by atoms with Crippen LogP contribution < -0.4 is 5.32 Å². The molecule has 1 saturated carbocycles. The number of carbonyl (C=O) groups excluding carboxylic acids is 2. The van der Waals surface area contributed by atoms with E-state index in [1.807, 2.05) is 18.2 Å². The molecule has 1 aliphatic carbocycles. The molecule has 35 heavy (non-hydrogen) atoms. The van der Waals surface area contributed by atoms with Gasteiger partial charge in [-0.05, 0) is 49.1 Å². The maximum Gasteiger partial charge on any atom is 0.260 e. The van der Waals surface area contributed by atoms with E-state index in [-0.39, 0.29) is 24.4 Å². The van der Waals surface area contributed by atoms with Gasteiger partial charge < -0.3 is 19.7 Å². The van der Waals surface area contributed by atoms with Gasteiger partial charge in [0.25, 0.3) is 11.8 Å². The van der Waals surface area contributed by atoms with Crippen molar-refractivity contribution in [2.45, 2.75) is 56.7 Å². The molecule has 2 fully saturated rings. The van der Waals surface area contributed by atoms with Crippen LogP contribution in [0.15, 0.2) is 53.4 Å². The molecule has 7 heteroatoms. The number of nitrogens with zero attached hydrogens (tertiary/aromatic N) is 1. The number of nitrogens with one attached hydrogen (secondary N) is 1. The van der Waals surface area contributed by atoms with Crippen molar-refractivity contribution < 1.29 is 19.1 Å². The molecule has 1 aliphatic heterocycles. The number of hydrogen-bond donors (Lipinski definition) is 1. The fourth-order valence-corrected chi connectivity index (χ4v) is 6.15. The van der Waals surface area contributed by atoms with Gasteiger partial charge in [0.2, 0.25) is 0 Å². The molecule has 0 aromatic heterocycles. The van der Waals surface area contributed by atoms with Crippen LogP contribution in [0.3, 0.4) is 0 Å². The van der Waals surface area contributed by atoms with Crippen LogP contribution >= 0.6 is 11.8 Å². The first-order valence-electron chi connectivity index (χ1n) is 12.2. The van der Waals surface area contributed by atoms with Crippen LogP contribution in [0.5, 0.6) is 0 Å². The summed E-state index contributed by atoms with van der Waals surface area (Å²) in [5.74, 6) is -0.0912. The van der Waals surface area contributed by atoms with Crippen molar-refractivity contribution in [3.8, 4) is 0 Å². The third-order valence-electron chi connectivity index (χ3n) is 6.72. The summed E-state index contributed by atoms with van der Waals surface area (Å²) in [6, 6.07) is 16.1. The van der Waals surface area contributed by atoms with Gasteiger partial charge in [-0.25, -0.2) is 0 Å². The summed E-state index contributed by atoms with van der Waals surface area (Å²) in [7, 11) is 3.06. The van der Waals surface area contributed by atoms with E-state index < -0.39 is 6.29 Å². The lowest BCUT2D eigenvalue weighted by Gasteiger charge is -2.44. The number of fused-ring (bicyclic) bond motifs is 1. The van der Waals surface area contributed by atoms with E-state index in [1.165, 1.54) is 38.2 Å². The Morgan fingerprint density at radius 2 is 1.77 bits per heavy atom. The normalized spacial score (nSPS) is 21.3. The Morgan fingerprint density at radius 1 is 1.09 bits per heavy atom. The second kappa shape index (κ2) is 11.9. The van der Waals surface area contributed by atoms with Crippen molar-refractivity contribution in [2.24, 2.45) is 0 Å². The quantitative estimate of drug-likeness (QED) is 0.423. The van der Waals surface area contributed by atoms with Crippen LogP contribution in [0.4, 0.5) is 0 Å². The SMILES string of the molecule is COC(CNC(=O)c1ccc(/C=C2/SC3CCCCC3N(Cc3ccc(C)cc3)C2=O)cc1)OC. The molecule has 0 spiro atoms. The van der Waals surface area contributed by atoms with E-state index >= 15 is 0 Å².